The van der Waals surface area contributed by atoms with Crippen molar-refractivity contribution in [1.29, 1.82) is 5.26 Å². The van der Waals surface area contributed by atoms with E-state index in [1.54, 1.807) is 30.3 Å². The topological polar surface area (TPSA) is 84.0 Å². The Morgan fingerprint density at radius 3 is 2.52 bits per heavy atom. The number of carbonyl (C=O) groups excluding carboxylic acids is 1. The minimum Gasteiger partial charge on any atom is -0.289 e. The number of ketones is 1. The molecule has 0 fully saturated rings. The molecule has 0 N–H and O–H groups in total. The van der Waals surface area contributed by atoms with E-state index in [4.69, 9.17) is 5.26 Å². The highest BCUT2D eigenvalue weighted by molar-refractivity contribution is 6.07. The Kier molecular flexibility index (Phi) is 4.22. The molecule has 5 nitrogen and oxygen atoms in total. The lowest BCUT2D eigenvalue weighted by atomic mass is 10.1. The maximum Gasteiger partial charge on any atom is 0.270 e. The second kappa shape index (κ2) is 6.26. The molecule has 0 aliphatic rings. The van der Waals surface area contributed by atoms with Gasteiger partial charge in [0.05, 0.1) is 16.6 Å². The molecule has 2 aromatic carbocycles. The van der Waals surface area contributed by atoms with Gasteiger partial charge in [0.2, 0.25) is 0 Å². The first kappa shape index (κ1) is 14.2. The lowest BCUT2D eigenvalue weighted by molar-refractivity contribution is -0.384. The van der Waals surface area contributed by atoms with Crippen LogP contribution in [0.4, 0.5) is 5.69 Å². The smallest absolute Gasteiger partial charge is 0.270 e. The van der Waals surface area contributed by atoms with Crippen molar-refractivity contribution < 1.29 is 9.72 Å². The summed E-state index contributed by atoms with van der Waals surface area (Å²) in [5.74, 6) is -0.317. The van der Waals surface area contributed by atoms with Crippen molar-refractivity contribution in [3.8, 4) is 6.07 Å². The van der Waals surface area contributed by atoms with Crippen LogP contribution in [0.1, 0.15) is 21.5 Å². The number of nitro groups is 1. The normalized spacial score (nSPS) is 10.2. The molecule has 0 saturated carbocycles. The maximum atomic E-state index is 12.0. The van der Waals surface area contributed by atoms with E-state index in [-0.39, 0.29) is 17.0 Å². The number of nitro benzene ring substituents is 1. The molecule has 102 valence electrons. The third-order valence-corrected chi connectivity index (χ3v) is 2.81. The highest BCUT2D eigenvalue weighted by Gasteiger charge is 2.09. The second-order valence-electron chi connectivity index (χ2n) is 4.24. The van der Waals surface area contributed by atoms with Gasteiger partial charge >= 0.3 is 0 Å². The van der Waals surface area contributed by atoms with E-state index in [0.717, 1.165) is 5.56 Å². The zero-order valence-corrected chi connectivity index (χ0v) is 10.9. The van der Waals surface area contributed by atoms with Crippen LogP contribution in [0.15, 0.2) is 54.6 Å². The second-order valence-corrected chi connectivity index (χ2v) is 4.24. The number of hydrogen-bond acceptors (Lipinski definition) is 4. The average Bonchev–Trinajstić information content (AvgIpc) is 2.53. The van der Waals surface area contributed by atoms with E-state index in [1.807, 2.05) is 6.07 Å². The van der Waals surface area contributed by atoms with Gasteiger partial charge in [0.1, 0.15) is 0 Å². The predicted octanol–water partition coefficient (Wildman–Crippen LogP) is 3.36. The molecule has 0 saturated heterocycles. The number of non-ortho nitro benzene ring substituents is 1. The van der Waals surface area contributed by atoms with Crippen molar-refractivity contribution in [3.05, 3.63) is 81.4 Å². The fourth-order valence-corrected chi connectivity index (χ4v) is 1.71. The monoisotopic (exact) mass is 278 g/mol. The van der Waals surface area contributed by atoms with E-state index < -0.39 is 4.92 Å². The molecule has 0 bridgehead atoms. The van der Waals surface area contributed by atoms with Crippen LogP contribution < -0.4 is 0 Å². The Labute approximate surface area is 120 Å². The molecule has 0 amide bonds. The first-order valence-electron chi connectivity index (χ1n) is 6.07. The number of rotatable bonds is 4. The van der Waals surface area contributed by atoms with Crippen molar-refractivity contribution in [2.45, 2.75) is 0 Å². The van der Waals surface area contributed by atoms with Crippen LogP contribution in [0.3, 0.4) is 0 Å². The third kappa shape index (κ3) is 3.61. The molecule has 0 spiro atoms. The van der Waals surface area contributed by atoms with E-state index >= 15 is 0 Å². The molecular formula is C16H10N2O3. The predicted molar refractivity (Wildman–Crippen MR) is 77.6 cm³/mol. The zero-order chi connectivity index (χ0) is 15.2. The van der Waals surface area contributed by atoms with E-state index in [9.17, 15) is 14.9 Å². The minimum atomic E-state index is -0.541. The summed E-state index contributed by atoms with van der Waals surface area (Å²) in [7, 11) is 0. The summed E-state index contributed by atoms with van der Waals surface area (Å²) in [4.78, 5) is 22.1. The van der Waals surface area contributed by atoms with Crippen LogP contribution in [0.2, 0.25) is 0 Å². The van der Waals surface area contributed by atoms with Gasteiger partial charge in [0.15, 0.2) is 5.78 Å². The molecular weight excluding hydrogens is 268 g/mol. The fraction of sp³-hybridized carbons (Fsp3) is 0. The molecule has 0 atom stereocenters. The van der Waals surface area contributed by atoms with Gasteiger partial charge < -0.3 is 0 Å². The SMILES string of the molecule is N#Cc1ccc(C=CC(=O)c2cccc([N+](=O)[O-])c2)cc1. The number of benzene rings is 2. The summed E-state index contributed by atoms with van der Waals surface area (Å²) >= 11 is 0. The molecule has 0 unspecified atom stereocenters. The van der Waals surface area contributed by atoms with Gasteiger partial charge in [-0.3, -0.25) is 14.9 Å². The van der Waals surface area contributed by atoms with Crippen LogP contribution in [-0.4, -0.2) is 10.7 Å². The Morgan fingerprint density at radius 1 is 1.19 bits per heavy atom. The largest absolute Gasteiger partial charge is 0.289 e. The number of carbonyl (C=O) groups is 1. The van der Waals surface area contributed by atoms with Gasteiger partial charge in [0.25, 0.3) is 5.69 Å². The first-order valence-corrected chi connectivity index (χ1v) is 6.07. The Balaban J connectivity index is 2.17. The molecule has 0 aromatic heterocycles. The van der Waals surface area contributed by atoms with Crippen molar-refractivity contribution in [1.82, 2.24) is 0 Å². The summed E-state index contributed by atoms with van der Waals surface area (Å²) in [5.41, 5.74) is 1.45. The molecule has 21 heavy (non-hydrogen) atoms. The Hall–Kier alpha value is -3.26. The highest BCUT2D eigenvalue weighted by Crippen LogP contribution is 2.14. The van der Waals surface area contributed by atoms with Crippen molar-refractivity contribution in [2.24, 2.45) is 0 Å². The summed E-state index contributed by atoms with van der Waals surface area (Å²) in [5, 5.41) is 19.4. The lowest BCUT2D eigenvalue weighted by Gasteiger charge is -1.97. The molecule has 0 aliphatic carbocycles. The van der Waals surface area contributed by atoms with E-state index in [0.29, 0.717) is 5.56 Å². The molecule has 2 aromatic rings. The highest BCUT2D eigenvalue weighted by atomic mass is 16.6. The van der Waals surface area contributed by atoms with Gasteiger partial charge in [-0.15, -0.1) is 0 Å². The lowest BCUT2D eigenvalue weighted by Crippen LogP contribution is -1.96. The summed E-state index contributed by atoms with van der Waals surface area (Å²) < 4.78 is 0. The van der Waals surface area contributed by atoms with Gasteiger partial charge in [-0.25, -0.2) is 0 Å². The molecule has 0 aliphatic heterocycles. The van der Waals surface area contributed by atoms with Crippen LogP contribution in [0.5, 0.6) is 0 Å². The molecule has 0 radical (unpaired) electrons. The van der Waals surface area contributed by atoms with Gasteiger partial charge in [-0.2, -0.15) is 5.26 Å². The number of nitriles is 1. The third-order valence-electron chi connectivity index (χ3n) is 2.81. The van der Waals surface area contributed by atoms with E-state index in [2.05, 4.69) is 0 Å². The number of allylic oxidation sites excluding steroid dienone is 1. The van der Waals surface area contributed by atoms with Crippen LogP contribution in [0.25, 0.3) is 6.08 Å². The minimum absolute atomic E-state index is 0.118. The van der Waals surface area contributed by atoms with Crippen molar-refractivity contribution in [3.63, 3.8) is 0 Å². The van der Waals surface area contributed by atoms with Crippen molar-refractivity contribution in [2.75, 3.05) is 0 Å². The summed E-state index contributed by atoms with van der Waals surface area (Å²) in [6.45, 7) is 0. The van der Waals surface area contributed by atoms with Crippen LogP contribution >= 0.6 is 0 Å². The molecule has 0 heterocycles. The summed E-state index contributed by atoms with van der Waals surface area (Å²) in [6.07, 6.45) is 2.95. The number of nitrogens with zero attached hydrogens (tertiary/aromatic N) is 2. The van der Waals surface area contributed by atoms with E-state index in [1.165, 1.54) is 30.3 Å². The van der Waals surface area contributed by atoms with Crippen LogP contribution in [-0.2, 0) is 0 Å². The molecule has 5 heteroatoms. The van der Waals surface area contributed by atoms with Crippen molar-refractivity contribution >= 4 is 17.5 Å². The zero-order valence-electron chi connectivity index (χ0n) is 10.9. The van der Waals surface area contributed by atoms with Gasteiger partial charge in [-0.1, -0.05) is 30.3 Å². The Morgan fingerprint density at radius 2 is 1.90 bits per heavy atom. The first-order chi connectivity index (χ1) is 10.1. The van der Waals surface area contributed by atoms with Crippen LogP contribution in [0, 0.1) is 21.4 Å². The standard InChI is InChI=1S/C16H10N2O3/c17-11-13-6-4-12(5-7-13)8-9-16(19)14-2-1-3-15(10-14)18(20)21/h1-10H. The Bertz CT molecular complexity index is 756. The fourth-order valence-electron chi connectivity index (χ4n) is 1.71. The quantitative estimate of drug-likeness (QED) is 0.371. The average molecular weight is 278 g/mol. The maximum absolute atomic E-state index is 12.0. The van der Waals surface area contributed by atoms with Gasteiger partial charge in [-0.05, 0) is 23.8 Å². The summed E-state index contributed by atoms with van der Waals surface area (Å²) in [6, 6.07) is 14.3. The van der Waals surface area contributed by atoms with Gasteiger partial charge in [0, 0.05) is 17.7 Å². The molecule has 2 rings (SSSR count). The number of hydrogen-bond donors (Lipinski definition) is 0.